The van der Waals surface area contributed by atoms with Gasteiger partial charge in [0.1, 0.15) is 16.7 Å². The van der Waals surface area contributed by atoms with Crippen LogP contribution in [0.15, 0.2) is 58.2 Å². The van der Waals surface area contributed by atoms with Crippen molar-refractivity contribution in [3.05, 3.63) is 53.3 Å². The second kappa shape index (κ2) is 6.18. The van der Waals surface area contributed by atoms with Crippen molar-refractivity contribution in [3.63, 3.8) is 0 Å². The molecule has 0 aromatic heterocycles. The molecular formula is C16H18F3OS+. The van der Waals surface area contributed by atoms with Gasteiger partial charge in [-0.05, 0) is 43.2 Å². The van der Waals surface area contributed by atoms with Crippen molar-refractivity contribution in [2.75, 3.05) is 7.11 Å². The Morgan fingerprint density at radius 1 is 1.14 bits per heavy atom. The molecule has 2 atom stereocenters. The molecule has 0 aliphatic heterocycles. The molecule has 5 heteroatoms. The highest BCUT2D eigenvalue weighted by Gasteiger charge is 2.57. The number of benzene rings is 1. The van der Waals surface area contributed by atoms with E-state index in [0.717, 1.165) is 11.1 Å². The Labute approximate surface area is 125 Å². The van der Waals surface area contributed by atoms with E-state index in [1.165, 1.54) is 0 Å². The molecular weight excluding hydrogens is 297 g/mol. The van der Waals surface area contributed by atoms with E-state index in [1.54, 1.807) is 50.4 Å². The van der Waals surface area contributed by atoms with Gasteiger partial charge in [0.25, 0.3) is 0 Å². The van der Waals surface area contributed by atoms with E-state index < -0.39 is 21.7 Å². The van der Waals surface area contributed by atoms with E-state index in [-0.39, 0.29) is 0 Å². The molecule has 0 radical (unpaired) electrons. The normalized spacial score (nSPS) is 21.0. The summed E-state index contributed by atoms with van der Waals surface area (Å²) in [4.78, 5) is 0.340. The first-order valence-corrected chi connectivity index (χ1v) is 7.91. The molecule has 0 spiro atoms. The first kappa shape index (κ1) is 16.0. The fraction of sp³-hybridized carbons (Fsp3) is 0.375. The zero-order valence-electron chi connectivity index (χ0n) is 12.2. The van der Waals surface area contributed by atoms with Crippen LogP contribution in [-0.4, -0.2) is 17.9 Å². The summed E-state index contributed by atoms with van der Waals surface area (Å²) in [5, 5.41) is -0.564. The van der Waals surface area contributed by atoms with Crippen LogP contribution in [0.1, 0.15) is 20.3 Å². The number of hydrogen-bond donors (Lipinski definition) is 0. The third-order valence-corrected chi connectivity index (χ3v) is 5.63. The molecule has 0 heterocycles. The largest absolute Gasteiger partial charge is 0.581 e. The van der Waals surface area contributed by atoms with Crippen LogP contribution >= 0.6 is 0 Å². The third-order valence-electron chi connectivity index (χ3n) is 3.44. The molecule has 0 bridgehead atoms. The van der Waals surface area contributed by atoms with Crippen LogP contribution < -0.4 is 0 Å². The average molecular weight is 315 g/mol. The van der Waals surface area contributed by atoms with E-state index in [4.69, 9.17) is 4.74 Å². The van der Waals surface area contributed by atoms with Gasteiger partial charge in [-0.3, -0.25) is 0 Å². The zero-order valence-corrected chi connectivity index (χ0v) is 13.0. The smallest absolute Gasteiger partial charge is 0.497 e. The molecule has 0 saturated heterocycles. The minimum Gasteiger partial charge on any atom is -0.497 e. The Morgan fingerprint density at radius 3 is 2.24 bits per heavy atom. The molecule has 1 aliphatic rings. The highest BCUT2D eigenvalue weighted by atomic mass is 32.2. The third kappa shape index (κ3) is 3.46. The summed E-state index contributed by atoms with van der Waals surface area (Å²) in [6.07, 6.45) is 2.08. The Hall–Kier alpha value is -1.36. The maximum Gasteiger partial charge on any atom is 0.581 e. The molecule has 1 aromatic carbocycles. The van der Waals surface area contributed by atoms with Crippen LogP contribution in [0.2, 0.25) is 0 Å². The number of hydrogen-bond acceptors (Lipinski definition) is 1. The Kier molecular flexibility index (Phi) is 4.71. The second-order valence-corrected chi connectivity index (χ2v) is 7.22. The van der Waals surface area contributed by atoms with Gasteiger partial charge in [-0.1, -0.05) is 18.2 Å². The summed E-state index contributed by atoms with van der Waals surface area (Å²) in [5.74, 6) is 0.713. The summed E-state index contributed by atoms with van der Waals surface area (Å²) in [7, 11) is -0.263. The molecule has 0 saturated carbocycles. The first-order chi connectivity index (χ1) is 9.84. The van der Waals surface area contributed by atoms with Crippen LogP contribution in [0.4, 0.5) is 13.2 Å². The van der Waals surface area contributed by atoms with Gasteiger partial charge >= 0.3 is 5.51 Å². The standard InChI is InChI=1S/C16H18F3OS/c1-11-9-14(10-12(2)15(11)20-3)21(16(17,18)19)13-7-5-4-6-8-13/h4-9,14H,10H2,1-3H3/q+1. The lowest BCUT2D eigenvalue weighted by atomic mass is 9.99. The quantitative estimate of drug-likeness (QED) is 0.727. The maximum absolute atomic E-state index is 13.6. The van der Waals surface area contributed by atoms with Crippen LogP contribution in [-0.2, 0) is 15.6 Å². The second-order valence-electron chi connectivity index (χ2n) is 5.00. The van der Waals surface area contributed by atoms with Crippen molar-refractivity contribution >= 4 is 10.9 Å². The maximum atomic E-state index is 13.6. The molecule has 0 amide bonds. The summed E-state index contributed by atoms with van der Waals surface area (Å²) >= 11 is 0. The zero-order chi connectivity index (χ0) is 15.6. The number of alkyl halides is 3. The monoisotopic (exact) mass is 315 g/mol. The van der Waals surface area contributed by atoms with Gasteiger partial charge in [0, 0.05) is 6.42 Å². The van der Waals surface area contributed by atoms with Crippen molar-refractivity contribution in [3.8, 4) is 0 Å². The number of ether oxygens (including phenoxy) is 1. The van der Waals surface area contributed by atoms with Crippen LogP contribution in [0, 0.1) is 0 Å². The lowest BCUT2D eigenvalue weighted by molar-refractivity contribution is -0.0375. The van der Waals surface area contributed by atoms with E-state index >= 15 is 0 Å². The van der Waals surface area contributed by atoms with Crippen molar-refractivity contribution in [1.82, 2.24) is 0 Å². The summed E-state index contributed by atoms with van der Waals surface area (Å²) < 4.78 is 45.9. The van der Waals surface area contributed by atoms with Gasteiger partial charge in [-0.2, -0.15) is 0 Å². The fourth-order valence-electron chi connectivity index (χ4n) is 2.68. The first-order valence-electron chi connectivity index (χ1n) is 6.62. The lowest BCUT2D eigenvalue weighted by Gasteiger charge is -2.24. The average Bonchev–Trinajstić information content (AvgIpc) is 2.38. The SMILES string of the molecule is COC1=C(C)CC([S+](c2ccccc2)C(F)(F)F)C=C1C. The minimum atomic E-state index is -4.24. The Morgan fingerprint density at radius 2 is 1.76 bits per heavy atom. The van der Waals surface area contributed by atoms with E-state index in [0.29, 0.717) is 17.1 Å². The highest BCUT2D eigenvalue weighted by Crippen LogP contribution is 2.41. The van der Waals surface area contributed by atoms with E-state index in [1.807, 2.05) is 6.92 Å². The van der Waals surface area contributed by atoms with Crippen molar-refractivity contribution < 1.29 is 17.9 Å². The van der Waals surface area contributed by atoms with Gasteiger partial charge in [-0.15, -0.1) is 13.2 Å². The number of methoxy groups -OCH3 is 1. The van der Waals surface area contributed by atoms with Gasteiger partial charge in [0.2, 0.25) is 0 Å². The van der Waals surface area contributed by atoms with Gasteiger partial charge in [-0.25, -0.2) is 0 Å². The predicted octanol–water partition coefficient (Wildman–Crippen LogP) is 4.82. The van der Waals surface area contributed by atoms with Gasteiger partial charge in [0.15, 0.2) is 10.1 Å². The molecule has 2 unspecified atom stereocenters. The minimum absolute atomic E-state index is 0.340. The summed E-state index contributed by atoms with van der Waals surface area (Å²) in [6, 6.07) is 8.17. The Balaban J connectivity index is 2.40. The highest BCUT2D eigenvalue weighted by molar-refractivity contribution is 7.98. The molecule has 114 valence electrons. The topological polar surface area (TPSA) is 9.23 Å². The molecule has 2 rings (SSSR count). The molecule has 0 fully saturated rings. The summed E-state index contributed by atoms with van der Waals surface area (Å²) in [6.45, 7) is 3.64. The van der Waals surface area contributed by atoms with Crippen molar-refractivity contribution in [2.45, 2.75) is 35.9 Å². The van der Waals surface area contributed by atoms with Crippen LogP contribution in [0.25, 0.3) is 0 Å². The molecule has 1 aromatic rings. The number of halogens is 3. The summed E-state index contributed by atoms with van der Waals surface area (Å²) in [5.41, 5.74) is -2.59. The Bertz CT molecular complexity index is 561. The van der Waals surface area contributed by atoms with Crippen LogP contribution in [0.3, 0.4) is 0 Å². The fourth-order valence-corrected chi connectivity index (χ4v) is 4.85. The lowest BCUT2D eigenvalue weighted by Crippen LogP contribution is -2.35. The van der Waals surface area contributed by atoms with Crippen molar-refractivity contribution in [1.29, 1.82) is 0 Å². The number of allylic oxidation sites excluding steroid dienone is 2. The number of rotatable bonds is 3. The molecule has 21 heavy (non-hydrogen) atoms. The van der Waals surface area contributed by atoms with Crippen LogP contribution in [0.5, 0.6) is 0 Å². The molecule has 1 nitrogen and oxygen atoms in total. The van der Waals surface area contributed by atoms with Gasteiger partial charge in [0.05, 0.1) is 7.11 Å². The predicted molar refractivity (Wildman–Crippen MR) is 80.0 cm³/mol. The van der Waals surface area contributed by atoms with E-state index in [2.05, 4.69) is 0 Å². The van der Waals surface area contributed by atoms with Gasteiger partial charge < -0.3 is 4.74 Å². The molecule has 1 aliphatic carbocycles. The van der Waals surface area contributed by atoms with E-state index in [9.17, 15) is 13.2 Å². The molecule has 0 N–H and O–H groups in total. The van der Waals surface area contributed by atoms with Crippen molar-refractivity contribution in [2.24, 2.45) is 0 Å².